The van der Waals surface area contributed by atoms with Crippen LogP contribution in [0.3, 0.4) is 0 Å². The summed E-state index contributed by atoms with van der Waals surface area (Å²) in [6.07, 6.45) is 5.28. The van der Waals surface area contributed by atoms with E-state index in [1.54, 1.807) is 12.5 Å². The van der Waals surface area contributed by atoms with Gasteiger partial charge in [0.15, 0.2) is 0 Å². The van der Waals surface area contributed by atoms with Crippen LogP contribution in [0.2, 0.25) is 0 Å². The van der Waals surface area contributed by atoms with E-state index in [0.29, 0.717) is 6.54 Å². The van der Waals surface area contributed by atoms with Gasteiger partial charge in [-0.25, -0.2) is 17.8 Å². The summed E-state index contributed by atoms with van der Waals surface area (Å²) in [5.74, 6) is -1.38. The molecular formula is C20H21FN4O3S. The van der Waals surface area contributed by atoms with Crippen LogP contribution in [0, 0.1) is 5.82 Å². The van der Waals surface area contributed by atoms with Crippen molar-refractivity contribution in [1.82, 2.24) is 19.6 Å². The Morgan fingerprint density at radius 3 is 2.66 bits per heavy atom. The average molecular weight is 416 g/mol. The molecule has 3 rings (SSSR count). The van der Waals surface area contributed by atoms with E-state index in [0.717, 1.165) is 23.3 Å². The summed E-state index contributed by atoms with van der Waals surface area (Å²) in [4.78, 5) is 15.8. The minimum atomic E-state index is -4.15. The third kappa shape index (κ3) is 5.49. The van der Waals surface area contributed by atoms with Gasteiger partial charge < -0.3 is 9.88 Å². The smallest absolute Gasteiger partial charge is 0.244 e. The summed E-state index contributed by atoms with van der Waals surface area (Å²) in [7, 11) is -4.15. The Morgan fingerprint density at radius 2 is 1.93 bits per heavy atom. The van der Waals surface area contributed by atoms with E-state index in [4.69, 9.17) is 0 Å². The molecule has 0 unspecified atom stereocenters. The Morgan fingerprint density at radius 1 is 1.17 bits per heavy atom. The van der Waals surface area contributed by atoms with Gasteiger partial charge in [0.05, 0.1) is 12.4 Å². The Hall–Kier alpha value is -3.04. The van der Waals surface area contributed by atoms with Crippen LogP contribution in [-0.2, 0) is 27.9 Å². The molecule has 2 aromatic carbocycles. The lowest BCUT2D eigenvalue weighted by Gasteiger charge is -2.15. The van der Waals surface area contributed by atoms with Gasteiger partial charge in [-0.1, -0.05) is 36.4 Å². The lowest BCUT2D eigenvalue weighted by atomic mass is 10.1. The summed E-state index contributed by atoms with van der Waals surface area (Å²) in [6.45, 7) is 2.30. The minimum Gasteiger partial charge on any atom is -0.351 e. The van der Waals surface area contributed by atoms with E-state index in [2.05, 4.69) is 15.0 Å². The molecule has 29 heavy (non-hydrogen) atoms. The van der Waals surface area contributed by atoms with E-state index in [-0.39, 0.29) is 6.54 Å². The molecule has 0 saturated carbocycles. The molecule has 0 spiro atoms. The molecule has 0 radical (unpaired) electrons. The highest BCUT2D eigenvalue weighted by Crippen LogP contribution is 2.13. The van der Waals surface area contributed by atoms with Gasteiger partial charge in [0.2, 0.25) is 15.9 Å². The summed E-state index contributed by atoms with van der Waals surface area (Å²) in [6, 6.07) is 11.6. The lowest BCUT2D eigenvalue weighted by molar-refractivity contribution is -0.122. The molecule has 1 heterocycles. The van der Waals surface area contributed by atoms with Gasteiger partial charge in [0, 0.05) is 25.5 Å². The predicted octanol–water partition coefficient (Wildman–Crippen LogP) is 2.05. The highest BCUT2D eigenvalue weighted by atomic mass is 32.2. The number of rotatable bonds is 8. The molecule has 0 aliphatic heterocycles. The standard InChI is InChI=1S/C20H21FN4O3S/c1-15(24-29(27,28)19-8-3-2-7-18(19)21)20(26)23-12-16-5-4-6-17(11-16)13-25-10-9-22-14-25/h2-11,14-15,24H,12-13H2,1H3,(H,23,26)/t15-/m0/s1. The van der Waals surface area contributed by atoms with E-state index in [9.17, 15) is 17.6 Å². The zero-order valence-electron chi connectivity index (χ0n) is 15.7. The molecule has 9 heteroatoms. The fourth-order valence-electron chi connectivity index (χ4n) is 2.78. The monoisotopic (exact) mass is 416 g/mol. The SMILES string of the molecule is C[C@H](NS(=O)(=O)c1ccccc1F)C(=O)NCc1cccc(Cn2ccnc2)c1. The van der Waals surface area contributed by atoms with Crippen LogP contribution in [0.1, 0.15) is 18.1 Å². The van der Waals surface area contributed by atoms with E-state index in [1.165, 1.54) is 19.1 Å². The third-order valence-electron chi connectivity index (χ3n) is 4.23. The topological polar surface area (TPSA) is 93.1 Å². The van der Waals surface area contributed by atoms with Gasteiger partial charge in [0.25, 0.3) is 0 Å². The van der Waals surface area contributed by atoms with Gasteiger partial charge in [-0.3, -0.25) is 4.79 Å². The van der Waals surface area contributed by atoms with E-state index in [1.807, 2.05) is 35.0 Å². The summed E-state index contributed by atoms with van der Waals surface area (Å²) in [5.41, 5.74) is 1.92. The maximum atomic E-state index is 13.8. The highest BCUT2D eigenvalue weighted by molar-refractivity contribution is 7.89. The number of amides is 1. The molecule has 152 valence electrons. The van der Waals surface area contributed by atoms with Gasteiger partial charge in [-0.15, -0.1) is 0 Å². The van der Waals surface area contributed by atoms with Crippen molar-refractivity contribution in [2.45, 2.75) is 31.0 Å². The van der Waals surface area contributed by atoms with Gasteiger partial charge >= 0.3 is 0 Å². The minimum absolute atomic E-state index is 0.238. The van der Waals surface area contributed by atoms with Crippen molar-refractivity contribution in [3.05, 3.63) is 84.2 Å². The predicted molar refractivity (Wildman–Crippen MR) is 106 cm³/mol. The van der Waals surface area contributed by atoms with Crippen LogP contribution >= 0.6 is 0 Å². The zero-order chi connectivity index (χ0) is 20.9. The number of sulfonamides is 1. The molecule has 0 fully saturated rings. The molecule has 0 aliphatic rings. The lowest BCUT2D eigenvalue weighted by Crippen LogP contribution is -2.44. The first-order valence-electron chi connectivity index (χ1n) is 8.93. The number of hydrogen-bond donors (Lipinski definition) is 2. The highest BCUT2D eigenvalue weighted by Gasteiger charge is 2.24. The van der Waals surface area contributed by atoms with Gasteiger partial charge in [0.1, 0.15) is 10.7 Å². The van der Waals surface area contributed by atoms with Crippen molar-refractivity contribution in [1.29, 1.82) is 0 Å². The number of imidazole rings is 1. The van der Waals surface area contributed by atoms with Crippen LogP contribution in [0.4, 0.5) is 4.39 Å². The zero-order valence-corrected chi connectivity index (χ0v) is 16.6. The number of halogens is 1. The van der Waals surface area contributed by atoms with Gasteiger partial charge in [-0.2, -0.15) is 4.72 Å². The molecule has 1 amide bonds. The molecule has 0 saturated heterocycles. The fraction of sp³-hybridized carbons (Fsp3) is 0.200. The Kier molecular flexibility index (Phi) is 6.40. The molecule has 7 nitrogen and oxygen atoms in total. The molecule has 1 aromatic heterocycles. The second kappa shape index (κ2) is 8.97. The molecule has 3 aromatic rings. The largest absolute Gasteiger partial charge is 0.351 e. The van der Waals surface area contributed by atoms with Crippen LogP contribution in [0.5, 0.6) is 0 Å². The number of nitrogens with zero attached hydrogens (tertiary/aromatic N) is 2. The summed E-state index contributed by atoms with van der Waals surface area (Å²) in [5, 5.41) is 2.69. The Bertz CT molecular complexity index is 1080. The quantitative estimate of drug-likeness (QED) is 0.588. The number of carbonyl (C=O) groups excluding carboxylic acids is 1. The number of benzene rings is 2. The maximum Gasteiger partial charge on any atom is 0.244 e. The average Bonchev–Trinajstić information content (AvgIpc) is 3.19. The Labute approximate surface area is 168 Å². The first-order chi connectivity index (χ1) is 13.8. The summed E-state index contributed by atoms with van der Waals surface area (Å²) >= 11 is 0. The van der Waals surface area contributed by atoms with Crippen LogP contribution < -0.4 is 10.0 Å². The van der Waals surface area contributed by atoms with E-state index >= 15 is 0 Å². The summed E-state index contributed by atoms with van der Waals surface area (Å²) < 4.78 is 42.5. The van der Waals surface area contributed by atoms with E-state index < -0.39 is 32.7 Å². The fourth-order valence-corrected chi connectivity index (χ4v) is 4.07. The van der Waals surface area contributed by atoms with Crippen LogP contribution in [0.25, 0.3) is 0 Å². The molecule has 1 atom stereocenters. The van der Waals surface area contributed by atoms with Crippen molar-refractivity contribution in [2.75, 3.05) is 0 Å². The number of nitrogens with one attached hydrogen (secondary N) is 2. The first-order valence-corrected chi connectivity index (χ1v) is 10.4. The van der Waals surface area contributed by atoms with Crippen molar-refractivity contribution >= 4 is 15.9 Å². The molecular weight excluding hydrogens is 395 g/mol. The molecule has 0 aliphatic carbocycles. The second-order valence-corrected chi connectivity index (χ2v) is 8.23. The van der Waals surface area contributed by atoms with Gasteiger partial charge in [-0.05, 0) is 30.2 Å². The molecule has 0 bridgehead atoms. The van der Waals surface area contributed by atoms with Crippen molar-refractivity contribution in [2.24, 2.45) is 0 Å². The number of carbonyl (C=O) groups is 1. The molecule has 2 N–H and O–H groups in total. The first kappa shape index (κ1) is 20.7. The number of hydrogen-bond acceptors (Lipinski definition) is 4. The van der Waals surface area contributed by atoms with Crippen LogP contribution in [-0.4, -0.2) is 29.9 Å². The number of aromatic nitrogens is 2. The van der Waals surface area contributed by atoms with Crippen molar-refractivity contribution in [3.63, 3.8) is 0 Å². The maximum absolute atomic E-state index is 13.8. The van der Waals surface area contributed by atoms with Crippen LogP contribution in [0.15, 0.2) is 72.1 Å². The third-order valence-corrected chi connectivity index (χ3v) is 5.81. The Balaban J connectivity index is 1.58. The van der Waals surface area contributed by atoms with Crippen molar-refractivity contribution < 1.29 is 17.6 Å². The van der Waals surface area contributed by atoms with Crippen molar-refractivity contribution in [3.8, 4) is 0 Å². The second-order valence-electron chi connectivity index (χ2n) is 6.55. The normalized spacial score (nSPS) is 12.5.